The summed E-state index contributed by atoms with van der Waals surface area (Å²) >= 11 is 0. The molecule has 1 aliphatic rings. The van der Waals surface area contributed by atoms with Gasteiger partial charge < -0.3 is 10.2 Å². The lowest BCUT2D eigenvalue weighted by Crippen LogP contribution is -2.37. The molecule has 1 amide bonds. The number of carbonyl (C=O) groups excluding carboxylic acids is 1. The normalized spacial score (nSPS) is 22.4. The monoisotopic (exact) mass is 240 g/mol. The Hall–Kier alpha value is -0.570. The van der Waals surface area contributed by atoms with Crippen LogP contribution in [0.4, 0.5) is 0 Å². The molecule has 1 N–H and O–H groups in total. The Morgan fingerprint density at radius 1 is 1.41 bits per heavy atom. The van der Waals surface area contributed by atoms with Gasteiger partial charge in [0.15, 0.2) is 0 Å². The van der Waals surface area contributed by atoms with Crippen LogP contribution in [0.25, 0.3) is 0 Å². The lowest BCUT2D eigenvalue weighted by atomic mass is 9.85. The Morgan fingerprint density at radius 3 is 2.76 bits per heavy atom. The molecule has 1 aliphatic heterocycles. The van der Waals surface area contributed by atoms with Crippen LogP contribution < -0.4 is 5.32 Å². The Labute approximate surface area is 106 Å². The zero-order valence-corrected chi connectivity index (χ0v) is 11.9. The maximum atomic E-state index is 12.0. The first-order valence-corrected chi connectivity index (χ1v) is 6.93. The number of nitrogens with one attached hydrogen (secondary N) is 1. The van der Waals surface area contributed by atoms with Gasteiger partial charge in [0.05, 0.1) is 0 Å². The molecule has 3 heteroatoms. The van der Waals surface area contributed by atoms with Crippen LogP contribution in [0.15, 0.2) is 0 Å². The third-order valence-electron chi connectivity index (χ3n) is 3.70. The second-order valence-corrected chi connectivity index (χ2v) is 6.17. The second-order valence-electron chi connectivity index (χ2n) is 6.17. The van der Waals surface area contributed by atoms with E-state index in [0.717, 1.165) is 45.4 Å². The Morgan fingerprint density at radius 2 is 2.12 bits per heavy atom. The van der Waals surface area contributed by atoms with Crippen molar-refractivity contribution >= 4 is 5.91 Å². The molecule has 1 atom stereocenters. The first-order valence-electron chi connectivity index (χ1n) is 6.93. The van der Waals surface area contributed by atoms with Crippen molar-refractivity contribution in [2.45, 2.75) is 47.0 Å². The number of likely N-dealkylation sites (tertiary alicyclic amines) is 1. The summed E-state index contributed by atoms with van der Waals surface area (Å²) in [4.78, 5) is 14.1. The number of hydrogen-bond acceptors (Lipinski definition) is 2. The summed E-state index contributed by atoms with van der Waals surface area (Å²) in [7, 11) is 0. The Bertz CT molecular complexity index is 251. The predicted molar refractivity (Wildman–Crippen MR) is 71.9 cm³/mol. The van der Waals surface area contributed by atoms with Crippen LogP contribution in [-0.2, 0) is 4.79 Å². The Kier molecular flexibility index (Phi) is 5.44. The fourth-order valence-corrected chi connectivity index (χ4v) is 2.32. The van der Waals surface area contributed by atoms with Crippen LogP contribution >= 0.6 is 0 Å². The Balaban J connectivity index is 2.44. The predicted octanol–water partition coefficient (Wildman–Crippen LogP) is 2.27. The maximum Gasteiger partial charge on any atom is 0.222 e. The maximum absolute atomic E-state index is 12.0. The van der Waals surface area contributed by atoms with Crippen LogP contribution in [0.3, 0.4) is 0 Å². The first-order chi connectivity index (χ1) is 7.94. The molecule has 0 aromatic rings. The number of carbonyl (C=O) groups is 1. The average molecular weight is 240 g/mol. The molecule has 0 spiro atoms. The van der Waals surface area contributed by atoms with E-state index in [1.165, 1.54) is 0 Å². The van der Waals surface area contributed by atoms with E-state index in [4.69, 9.17) is 0 Å². The summed E-state index contributed by atoms with van der Waals surface area (Å²) in [6.45, 7) is 12.7. The fraction of sp³-hybridized carbons (Fsp3) is 0.929. The van der Waals surface area contributed by atoms with Crippen molar-refractivity contribution in [2.24, 2.45) is 11.3 Å². The summed E-state index contributed by atoms with van der Waals surface area (Å²) in [5, 5.41) is 3.35. The number of nitrogens with zero attached hydrogens (tertiary/aromatic N) is 1. The lowest BCUT2D eigenvalue weighted by Gasteiger charge is -2.26. The molecule has 1 fully saturated rings. The van der Waals surface area contributed by atoms with Crippen molar-refractivity contribution in [3.05, 3.63) is 0 Å². The van der Waals surface area contributed by atoms with Crippen LogP contribution in [0.1, 0.15) is 47.0 Å². The molecule has 100 valence electrons. The lowest BCUT2D eigenvalue weighted by molar-refractivity contribution is -0.131. The molecule has 1 saturated heterocycles. The zero-order chi connectivity index (χ0) is 12.9. The van der Waals surface area contributed by atoms with Crippen LogP contribution in [0.2, 0.25) is 0 Å². The summed E-state index contributed by atoms with van der Waals surface area (Å²) in [5.74, 6) is 0.888. The van der Waals surface area contributed by atoms with E-state index in [1.807, 2.05) is 0 Å². The topological polar surface area (TPSA) is 32.3 Å². The highest BCUT2D eigenvalue weighted by atomic mass is 16.2. The minimum absolute atomic E-state index is 0.329. The van der Waals surface area contributed by atoms with Gasteiger partial charge in [-0.15, -0.1) is 0 Å². The van der Waals surface area contributed by atoms with Gasteiger partial charge in [-0.25, -0.2) is 0 Å². The molecular weight excluding hydrogens is 212 g/mol. The van der Waals surface area contributed by atoms with Gasteiger partial charge in [0.2, 0.25) is 5.91 Å². The van der Waals surface area contributed by atoms with Crippen molar-refractivity contribution in [3.8, 4) is 0 Å². The van der Waals surface area contributed by atoms with Gasteiger partial charge in [0.25, 0.3) is 0 Å². The molecule has 1 unspecified atom stereocenters. The average Bonchev–Trinajstić information content (AvgIpc) is 2.39. The summed E-state index contributed by atoms with van der Waals surface area (Å²) in [6, 6.07) is 0. The first kappa shape index (κ1) is 14.5. The van der Waals surface area contributed by atoms with E-state index in [2.05, 4.69) is 37.9 Å². The summed E-state index contributed by atoms with van der Waals surface area (Å²) < 4.78 is 0. The van der Waals surface area contributed by atoms with E-state index in [0.29, 0.717) is 17.2 Å². The van der Waals surface area contributed by atoms with E-state index in [1.54, 1.807) is 0 Å². The fourth-order valence-electron chi connectivity index (χ4n) is 2.32. The number of hydrogen-bond donors (Lipinski definition) is 1. The molecule has 1 rings (SSSR count). The molecule has 3 nitrogen and oxygen atoms in total. The molecule has 0 bridgehead atoms. The van der Waals surface area contributed by atoms with Gasteiger partial charge in [-0.2, -0.15) is 0 Å². The van der Waals surface area contributed by atoms with Gasteiger partial charge in [0.1, 0.15) is 0 Å². The van der Waals surface area contributed by atoms with Crippen molar-refractivity contribution in [3.63, 3.8) is 0 Å². The van der Waals surface area contributed by atoms with Gasteiger partial charge in [-0.3, -0.25) is 4.79 Å². The van der Waals surface area contributed by atoms with Gasteiger partial charge in [0, 0.05) is 19.5 Å². The molecule has 0 radical (unpaired) electrons. The van der Waals surface area contributed by atoms with Crippen molar-refractivity contribution < 1.29 is 4.79 Å². The minimum Gasteiger partial charge on any atom is -0.342 e. The van der Waals surface area contributed by atoms with Crippen molar-refractivity contribution in [1.82, 2.24) is 10.2 Å². The van der Waals surface area contributed by atoms with Crippen LogP contribution in [0.5, 0.6) is 0 Å². The van der Waals surface area contributed by atoms with Gasteiger partial charge in [-0.1, -0.05) is 27.7 Å². The van der Waals surface area contributed by atoms with Gasteiger partial charge >= 0.3 is 0 Å². The molecule has 0 aromatic heterocycles. The van der Waals surface area contributed by atoms with Gasteiger partial charge in [-0.05, 0) is 37.3 Å². The molecule has 0 saturated carbocycles. The van der Waals surface area contributed by atoms with E-state index in [9.17, 15) is 4.79 Å². The number of rotatable bonds is 5. The van der Waals surface area contributed by atoms with Crippen LogP contribution in [0, 0.1) is 11.3 Å². The third-order valence-corrected chi connectivity index (χ3v) is 3.70. The third kappa shape index (κ3) is 5.07. The SMILES string of the molecule is CCNCC(C)CN1CCC(C)(C)CCC1=O. The quantitative estimate of drug-likeness (QED) is 0.799. The van der Waals surface area contributed by atoms with Crippen molar-refractivity contribution in [2.75, 3.05) is 26.2 Å². The number of amides is 1. The van der Waals surface area contributed by atoms with E-state index >= 15 is 0 Å². The highest BCUT2D eigenvalue weighted by Crippen LogP contribution is 2.30. The highest BCUT2D eigenvalue weighted by molar-refractivity contribution is 5.76. The van der Waals surface area contributed by atoms with Crippen LogP contribution in [-0.4, -0.2) is 37.0 Å². The highest BCUT2D eigenvalue weighted by Gasteiger charge is 2.27. The zero-order valence-electron chi connectivity index (χ0n) is 11.9. The summed E-state index contributed by atoms with van der Waals surface area (Å²) in [6.07, 6.45) is 2.89. The van der Waals surface area contributed by atoms with E-state index in [-0.39, 0.29) is 0 Å². The molecule has 1 heterocycles. The molecule has 0 aromatic carbocycles. The molecule has 17 heavy (non-hydrogen) atoms. The summed E-state index contributed by atoms with van der Waals surface area (Å²) in [5.41, 5.74) is 0.329. The smallest absolute Gasteiger partial charge is 0.222 e. The minimum atomic E-state index is 0.329. The molecular formula is C14H28N2O. The standard InChI is InChI=1S/C14H28N2O/c1-5-15-10-12(2)11-16-9-8-14(3,4)7-6-13(16)17/h12,15H,5-11H2,1-4H3. The molecule has 0 aliphatic carbocycles. The van der Waals surface area contributed by atoms with Crippen molar-refractivity contribution in [1.29, 1.82) is 0 Å². The largest absolute Gasteiger partial charge is 0.342 e. The van der Waals surface area contributed by atoms with E-state index < -0.39 is 0 Å². The second kappa shape index (κ2) is 6.39.